The van der Waals surface area contributed by atoms with Crippen LogP contribution in [0.4, 0.5) is 0 Å². The zero-order chi connectivity index (χ0) is 16.4. The van der Waals surface area contributed by atoms with E-state index >= 15 is 0 Å². The molecule has 2 aliphatic heterocycles. The maximum atomic E-state index is 12.3. The van der Waals surface area contributed by atoms with Crippen molar-refractivity contribution in [2.45, 2.75) is 31.0 Å². The predicted octanol–water partition coefficient (Wildman–Crippen LogP) is 1.92. The number of carbonyl (C=O) groups is 1. The van der Waals surface area contributed by atoms with E-state index < -0.39 is 0 Å². The smallest absolute Gasteiger partial charge is 0.232 e. The summed E-state index contributed by atoms with van der Waals surface area (Å²) in [6, 6.07) is 3.98. The Morgan fingerprint density at radius 3 is 3.12 bits per heavy atom. The molecule has 2 aromatic heterocycles. The van der Waals surface area contributed by atoms with Crippen molar-refractivity contribution in [2.24, 2.45) is 0 Å². The first kappa shape index (κ1) is 15.5. The molecule has 4 rings (SSSR count). The molecule has 0 aromatic carbocycles. The van der Waals surface area contributed by atoms with Gasteiger partial charge in [0.2, 0.25) is 11.8 Å². The highest BCUT2D eigenvalue weighted by atomic mass is 32.1. The monoisotopic (exact) mass is 345 g/mol. The van der Waals surface area contributed by atoms with E-state index in [4.69, 9.17) is 9.47 Å². The van der Waals surface area contributed by atoms with E-state index in [1.54, 1.807) is 29.9 Å². The summed E-state index contributed by atoms with van der Waals surface area (Å²) in [5, 5.41) is 2.00. The summed E-state index contributed by atoms with van der Waals surface area (Å²) in [7, 11) is 0. The van der Waals surface area contributed by atoms with E-state index in [1.165, 1.54) is 0 Å². The fraction of sp³-hybridized carbons (Fsp3) is 0.471. The molecule has 1 amide bonds. The molecule has 0 unspecified atom stereocenters. The Balaban J connectivity index is 1.31. The molecule has 0 aliphatic carbocycles. The molecule has 2 saturated heterocycles. The van der Waals surface area contributed by atoms with Gasteiger partial charge in [-0.3, -0.25) is 9.78 Å². The quantitative estimate of drug-likeness (QED) is 0.847. The Bertz CT molecular complexity index is 686. The molecule has 0 N–H and O–H groups in total. The van der Waals surface area contributed by atoms with Gasteiger partial charge in [0, 0.05) is 30.1 Å². The van der Waals surface area contributed by atoms with Crippen molar-refractivity contribution in [3.63, 3.8) is 0 Å². The van der Waals surface area contributed by atoms with Crippen LogP contribution in [0.3, 0.4) is 0 Å². The van der Waals surface area contributed by atoms with Crippen molar-refractivity contribution in [3.05, 3.63) is 41.0 Å². The molecule has 1 spiro atoms. The third kappa shape index (κ3) is 3.27. The van der Waals surface area contributed by atoms with Crippen molar-refractivity contribution in [2.75, 3.05) is 19.7 Å². The van der Waals surface area contributed by atoms with Crippen LogP contribution in [0.1, 0.15) is 17.7 Å². The number of hydrogen-bond acceptors (Lipinski definition) is 6. The maximum Gasteiger partial charge on any atom is 0.232 e. The van der Waals surface area contributed by atoms with Crippen molar-refractivity contribution < 1.29 is 14.3 Å². The summed E-state index contributed by atoms with van der Waals surface area (Å²) in [6.07, 6.45) is 7.03. The summed E-state index contributed by atoms with van der Waals surface area (Å²) in [5.41, 5.74) is -0.254. The lowest BCUT2D eigenvalue weighted by Gasteiger charge is -2.52. The van der Waals surface area contributed by atoms with E-state index in [-0.39, 0.29) is 17.6 Å². The number of nitrogens with zero attached hydrogens (tertiary/aromatic N) is 3. The molecule has 0 radical (unpaired) electrons. The standard InChI is InChI=1S/C17H19N3O3S/c21-16(8-14-2-1-7-24-14)20-11-17(12-20)9-13(3-6-22-17)23-15-10-18-4-5-19-15/h1-2,4-5,7,10,13H,3,6,8-9,11-12H2/t13-/m1/s1. The normalized spacial score (nSPS) is 22.2. The maximum absolute atomic E-state index is 12.3. The number of aromatic nitrogens is 2. The van der Waals surface area contributed by atoms with E-state index in [1.807, 2.05) is 22.4 Å². The van der Waals surface area contributed by atoms with Crippen LogP contribution in [0.2, 0.25) is 0 Å². The lowest BCUT2D eigenvalue weighted by Crippen LogP contribution is -2.67. The molecule has 1 atom stereocenters. The minimum Gasteiger partial charge on any atom is -0.473 e. The van der Waals surface area contributed by atoms with Gasteiger partial charge in [0.05, 0.1) is 32.3 Å². The summed E-state index contributed by atoms with van der Waals surface area (Å²) in [4.78, 5) is 23.5. The molecule has 24 heavy (non-hydrogen) atoms. The zero-order valence-electron chi connectivity index (χ0n) is 13.3. The minimum absolute atomic E-state index is 0.0602. The van der Waals surface area contributed by atoms with E-state index in [0.717, 1.165) is 17.7 Å². The van der Waals surface area contributed by atoms with Gasteiger partial charge < -0.3 is 14.4 Å². The second kappa shape index (κ2) is 6.49. The molecule has 126 valence electrons. The van der Waals surface area contributed by atoms with E-state index in [9.17, 15) is 4.79 Å². The molecule has 0 bridgehead atoms. The van der Waals surface area contributed by atoms with E-state index in [2.05, 4.69) is 9.97 Å². The molecule has 7 heteroatoms. The van der Waals surface area contributed by atoms with Gasteiger partial charge in [0.1, 0.15) is 11.7 Å². The van der Waals surface area contributed by atoms with Crippen LogP contribution < -0.4 is 4.74 Å². The Kier molecular flexibility index (Phi) is 4.20. The van der Waals surface area contributed by atoms with E-state index in [0.29, 0.717) is 32.0 Å². The Labute approximate surface area is 144 Å². The van der Waals surface area contributed by atoms with Gasteiger partial charge in [-0.1, -0.05) is 6.07 Å². The fourth-order valence-corrected chi connectivity index (χ4v) is 4.02. The zero-order valence-corrected chi connectivity index (χ0v) is 14.1. The number of ether oxygens (including phenoxy) is 2. The molecule has 0 saturated carbocycles. The van der Waals surface area contributed by atoms with Crippen LogP contribution in [0.5, 0.6) is 5.88 Å². The average Bonchev–Trinajstić information content (AvgIpc) is 3.06. The molecule has 2 aromatic rings. The number of likely N-dealkylation sites (tertiary alicyclic amines) is 1. The van der Waals surface area contributed by atoms with Gasteiger partial charge in [0.15, 0.2) is 0 Å². The van der Waals surface area contributed by atoms with Crippen molar-refractivity contribution in [1.82, 2.24) is 14.9 Å². The minimum atomic E-state index is -0.254. The SMILES string of the molecule is O=C(Cc1cccs1)N1CC2(C[C@H](Oc3cnccn3)CCO2)C1. The lowest BCUT2D eigenvalue weighted by molar-refractivity contribution is -0.193. The Morgan fingerprint density at radius 2 is 2.38 bits per heavy atom. The van der Waals surface area contributed by atoms with Crippen LogP contribution >= 0.6 is 11.3 Å². The van der Waals surface area contributed by atoms with Crippen molar-refractivity contribution in [3.8, 4) is 5.88 Å². The van der Waals surface area contributed by atoms with Crippen molar-refractivity contribution >= 4 is 17.2 Å². The number of carbonyl (C=O) groups excluding carboxylic acids is 1. The van der Waals surface area contributed by atoms with Gasteiger partial charge in [-0.2, -0.15) is 0 Å². The van der Waals surface area contributed by atoms with Crippen LogP contribution in [0, 0.1) is 0 Å². The highest BCUT2D eigenvalue weighted by molar-refractivity contribution is 7.10. The Morgan fingerprint density at radius 1 is 1.46 bits per heavy atom. The molecular weight excluding hydrogens is 326 g/mol. The summed E-state index contributed by atoms with van der Waals surface area (Å²) >= 11 is 1.62. The Hall–Kier alpha value is -1.99. The predicted molar refractivity (Wildman–Crippen MR) is 89.0 cm³/mol. The largest absolute Gasteiger partial charge is 0.473 e. The van der Waals surface area contributed by atoms with Gasteiger partial charge in [0.25, 0.3) is 0 Å². The van der Waals surface area contributed by atoms with Crippen LogP contribution in [0.15, 0.2) is 36.1 Å². The summed E-state index contributed by atoms with van der Waals surface area (Å²) < 4.78 is 11.9. The van der Waals surface area contributed by atoms with Crippen molar-refractivity contribution in [1.29, 1.82) is 0 Å². The third-order valence-electron chi connectivity index (χ3n) is 4.49. The van der Waals surface area contributed by atoms with Crippen LogP contribution in [-0.2, 0) is 16.0 Å². The van der Waals surface area contributed by atoms with Crippen LogP contribution in [0.25, 0.3) is 0 Å². The third-order valence-corrected chi connectivity index (χ3v) is 5.37. The highest BCUT2D eigenvalue weighted by Gasteiger charge is 2.49. The first-order valence-corrected chi connectivity index (χ1v) is 8.97. The summed E-state index contributed by atoms with van der Waals surface area (Å²) in [5.74, 6) is 0.716. The van der Waals surface area contributed by atoms with Gasteiger partial charge in [-0.15, -0.1) is 11.3 Å². The molecule has 2 fully saturated rings. The molecular formula is C17H19N3O3S. The van der Waals surface area contributed by atoms with Crippen LogP contribution in [-0.4, -0.2) is 52.2 Å². The highest BCUT2D eigenvalue weighted by Crippen LogP contribution is 2.35. The van der Waals surface area contributed by atoms with Gasteiger partial charge >= 0.3 is 0 Å². The number of rotatable bonds is 4. The second-order valence-corrected chi connectivity index (χ2v) is 7.35. The lowest BCUT2D eigenvalue weighted by atomic mass is 9.84. The number of amides is 1. The molecule has 6 nitrogen and oxygen atoms in total. The second-order valence-electron chi connectivity index (χ2n) is 6.31. The summed E-state index contributed by atoms with van der Waals surface area (Å²) in [6.45, 7) is 1.95. The number of hydrogen-bond donors (Lipinski definition) is 0. The fourth-order valence-electron chi connectivity index (χ4n) is 3.32. The first-order chi connectivity index (χ1) is 11.7. The first-order valence-electron chi connectivity index (χ1n) is 8.09. The van der Waals surface area contributed by atoms with Gasteiger partial charge in [-0.05, 0) is 11.4 Å². The topological polar surface area (TPSA) is 64.6 Å². The number of thiophene rings is 1. The average molecular weight is 345 g/mol. The molecule has 2 aliphatic rings. The van der Waals surface area contributed by atoms with Gasteiger partial charge in [-0.25, -0.2) is 4.98 Å². The molecule has 4 heterocycles.